The Morgan fingerprint density at radius 3 is 2.24 bits per heavy atom. The number of azo groups is 1. The average molecular weight is 352 g/mol. The van der Waals surface area contributed by atoms with Gasteiger partial charge >= 0.3 is 0 Å². The Hall–Kier alpha value is -1.68. The van der Waals surface area contributed by atoms with E-state index in [1.807, 2.05) is 11.3 Å². The van der Waals surface area contributed by atoms with Crippen molar-refractivity contribution < 1.29 is 0 Å². The van der Waals surface area contributed by atoms with Crippen LogP contribution in [0.5, 0.6) is 0 Å². The van der Waals surface area contributed by atoms with E-state index in [9.17, 15) is 0 Å². The summed E-state index contributed by atoms with van der Waals surface area (Å²) < 4.78 is 0. The molecule has 0 N–H and O–H groups in total. The van der Waals surface area contributed by atoms with Gasteiger partial charge in [-0.15, -0.1) is 21.6 Å². The number of hydrogen-bond acceptors (Lipinski definition) is 4. The van der Waals surface area contributed by atoms with Gasteiger partial charge in [-0.05, 0) is 86.3 Å². The number of rotatable bonds is 2. The van der Waals surface area contributed by atoms with Crippen molar-refractivity contribution in [1.29, 1.82) is 0 Å². The Bertz CT molecular complexity index is 766. The minimum absolute atomic E-state index is 1.04. The van der Waals surface area contributed by atoms with Gasteiger partial charge in [-0.2, -0.15) is 0 Å². The number of fused-ring (bicyclic) bond motifs is 1. The number of nitrogens with zero attached hydrogens (tertiary/aromatic N) is 3. The molecule has 25 heavy (non-hydrogen) atoms. The minimum Gasteiger partial charge on any atom is -0.371 e. The lowest BCUT2D eigenvalue weighted by molar-refractivity contribution is 0.634. The van der Waals surface area contributed by atoms with Gasteiger partial charge in [-0.3, -0.25) is 0 Å². The largest absolute Gasteiger partial charge is 0.371 e. The molecular formula is C21H25N3S. The molecule has 0 saturated heterocycles. The van der Waals surface area contributed by atoms with Crippen LogP contribution >= 0.6 is 11.3 Å². The molecule has 0 saturated carbocycles. The molecular weight excluding hydrogens is 326 g/mol. The van der Waals surface area contributed by atoms with Crippen LogP contribution in [0.25, 0.3) is 0 Å². The Labute approximate surface area is 153 Å². The van der Waals surface area contributed by atoms with Crippen molar-refractivity contribution in [3.05, 3.63) is 39.8 Å². The summed E-state index contributed by atoms with van der Waals surface area (Å²) in [6.07, 6.45) is 11.4. The minimum atomic E-state index is 1.04. The number of aryl methyl sites for hydroxylation is 4. The third-order valence-electron chi connectivity index (χ3n) is 5.81. The molecule has 0 fully saturated rings. The quantitative estimate of drug-likeness (QED) is 0.472. The predicted molar refractivity (Wildman–Crippen MR) is 105 cm³/mol. The predicted octanol–water partition coefficient (Wildman–Crippen LogP) is 6.13. The van der Waals surface area contributed by atoms with Crippen LogP contribution in [-0.2, 0) is 25.7 Å². The second-order valence-corrected chi connectivity index (χ2v) is 8.72. The van der Waals surface area contributed by atoms with Crippen molar-refractivity contribution in [2.75, 3.05) is 18.0 Å². The highest BCUT2D eigenvalue weighted by Gasteiger charge is 2.24. The SMILES string of the molecule is c1c(N=Nc2cc3c4c(c2)CCCN4CCC3)sc2c1CCCCC2. The van der Waals surface area contributed by atoms with E-state index in [2.05, 4.69) is 33.3 Å². The Morgan fingerprint density at radius 2 is 1.44 bits per heavy atom. The van der Waals surface area contributed by atoms with Crippen molar-refractivity contribution in [2.24, 2.45) is 10.2 Å². The summed E-state index contributed by atoms with van der Waals surface area (Å²) in [4.78, 5) is 4.12. The van der Waals surface area contributed by atoms with E-state index in [1.54, 1.807) is 4.88 Å². The molecule has 3 nitrogen and oxygen atoms in total. The van der Waals surface area contributed by atoms with Crippen LogP contribution in [0.3, 0.4) is 0 Å². The Morgan fingerprint density at radius 1 is 0.720 bits per heavy atom. The van der Waals surface area contributed by atoms with Gasteiger partial charge in [0.1, 0.15) is 5.00 Å². The second kappa shape index (κ2) is 6.56. The van der Waals surface area contributed by atoms with E-state index in [0.29, 0.717) is 0 Å². The molecule has 130 valence electrons. The summed E-state index contributed by atoms with van der Waals surface area (Å²) in [5, 5.41) is 10.3. The number of thiophene rings is 1. The van der Waals surface area contributed by atoms with Crippen molar-refractivity contribution in [2.45, 2.75) is 57.8 Å². The monoisotopic (exact) mass is 351 g/mol. The lowest BCUT2D eigenvalue weighted by Gasteiger charge is -2.36. The summed E-state index contributed by atoms with van der Waals surface area (Å²) in [7, 11) is 0. The topological polar surface area (TPSA) is 28.0 Å². The zero-order valence-corrected chi connectivity index (χ0v) is 15.6. The van der Waals surface area contributed by atoms with Gasteiger partial charge in [-0.25, -0.2) is 0 Å². The van der Waals surface area contributed by atoms with E-state index in [1.165, 1.54) is 93.3 Å². The normalized spacial score (nSPS) is 19.6. The van der Waals surface area contributed by atoms with Gasteiger partial charge in [0.2, 0.25) is 0 Å². The molecule has 1 aromatic carbocycles. The van der Waals surface area contributed by atoms with E-state index >= 15 is 0 Å². The molecule has 2 aromatic rings. The fourth-order valence-electron chi connectivity index (χ4n) is 4.65. The summed E-state index contributed by atoms with van der Waals surface area (Å²) in [6.45, 7) is 2.45. The highest BCUT2D eigenvalue weighted by molar-refractivity contribution is 7.15. The summed E-state index contributed by atoms with van der Waals surface area (Å²) in [5.74, 6) is 0. The van der Waals surface area contributed by atoms with Crippen molar-refractivity contribution >= 4 is 27.7 Å². The van der Waals surface area contributed by atoms with Gasteiger partial charge < -0.3 is 4.90 Å². The van der Waals surface area contributed by atoms with Crippen LogP contribution in [0.1, 0.15) is 53.7 Å². The van der Waals surface area contributed by atoms with Crippen molar-refractivity contribution in [3.63, 3.8) is 0 Å². The van der Waals surface area contributed by atoms with Crippen LogP contribution < -0.4 is 4.90 Å². The molecule has 0 bridgehead atoms. The van der Waals surface area contributed by atoms with Crippen LogP contribution in [0.15, 0.2) is 28.4 Å². The zero-order valence-electron chi connectivity index (χ0n) is 14.8. The average Bonchev–Trinajstić information content (AvgIpc) is 2.90. The molecule has 0 spiro atoms. The van der Waals surface area contributed by atoms with Crippen LogP contribution in [0, 0.1) is 0 Å². The first-order valence-electron chi connectivity index (χ1n) is 9.81. The Kier molecular flexibility index (Phi) is 4.09. The number of anilines is 1. The highest BCUT2D eigenvalue weighted by Crippen LogP contribution is 2.39. The molecule has 5 rings (SSSR count). The molecule has 3 heterocycles. The van der Waals surface area contributed by atoms with Gasteiger partial charge in [-0.1, -0.05) is 6.42 Å². The van der Waals surface area contributed by atoms with Crippen molar-refractivity contribution in [3.8, 4) is 0 Å². The third kappa shape index (κ3) is 3.01. The van der Waals surface area contributed by atoms with E-state index in [0.717, 1.165) is 10.7 Å². The molecule has 0 atom stereocenters. The van der Waals surface area contributed by atoms with Crippen molar-refractivity contribution in [1.82, 2.24) is 0 Å². The molecule has 0 unspecified atom stereocenters. The number of hydrogen-bond donors (Lipinski definition) is 0. The molecule has 0 amide bonds. The first kappa shape index (κ1) is 15.6. The maximum Gasteiger partial charge on any atom is 0.139 e. The maximum atomic E-state index is 4.63. The lowest BCUT2D eigenvalue weighted by atomic mass is 9.91. The molecule has 1 aliphatic carbocycles. The molecule has 2 aliphatic heterocycles. The third-order valence-corrected chi connectivity index (χ3v) is 6.94. The van der Waals surface area contributed by atoms with E-state index in [4.69, 9.17) is 0 Å². The summed E-state index contributed by atoms with van der Waals surface area (Å²) >= 11 is 1.85. The number of benzene rings is 1. The molecule has 3 aliphatic rings. The first-order valence-corrected chi connectivity index (χ1v) is 10.6. The summed E-state index contributed by atoms with van der Waals surface area (Å²) in [6, 6.07) is 6.83. The second-order valence-electron chi connectivity index (χ2n) is 7.60. The lowest BCUT2D eigenvalue weighted by Crippen LogP contribution is -2.34. The van der Waals surface area contributed by atoms with Crippen LogP contribution in [-0.4, -0.2) is 13.1 Å². The summed E-state index contributed by atoms with van der Waals surface area (Å²) in [5.41, 5.74) is 7.05. The maximum absolute atomic E-state index is 4.63. The standard InChI is InChI=1S/C21H25N3S/c1-2-6-15-14-20(25-19(15)9-3-1)23-22-18-12-16-7-4-10-24-11-5-8-17(13-18)21(16)24/h12-14H,1-11H2. The smallest absolute Gasteiger partial charge is 0.139 e. The Balaban J connectivity index is 1.44. The van der Waals surface area contributed by atoms with E-state index < -0.39 is 0 Å². The fourth-order valence-corrected chi connectivity index (χ4v) is 5.72. The molecule has 0 radical (unpaired) electrons. The first-order chi connectivity index (χ1) is 12.4. The van der Waals surface area contributed by atoms with Gasteiger partial charge in [0.15, 0.2) is 0 Å². The van der Waals surface area contributed by atoms with Gasteiger partial charge in [0, 0.05) is 23.7 Å². The highest BCUT2D eigenvalue weighted by atomic mass is 32.1. The van der Waals surface area contributed by atoms with Crippen LogP contribution in [0.2, 0.25) is 0 Å². The molecule has 4 heteroatoms. The van der Waals surface area contributed by atoms with Gasteiger partial charge in [0.05, 0.1) is 5.69 Å². The fraction of sp³-hybridized carbons (Fsp3) is 0.524. The van der Waals surface area contributed by atoms with Gasteiger partial charge in [0.25, 0.3) is 0 Å². The van der Waals surface area contributed by atoms with Crippen LogP contribution in [0.4, 0.5) is 16.4 Å². The zero-order chi connectivity index (χ0) is 16.6. The molecule has 1 aromatic heterocycles. The van der Waals surface area contributed by atoms with E-state index in [-0.39, 0.29) is 0 Å².